The number of Topliss-reactive ketones (excluding diaryl/α,β-unsaturated/α-hetero) is 1. The lowest BCUT2D eigenvalue weighted by Crippen LogP contribution is -2.61. The lowest BCUT2D eigenvalue weighted by molar-refractivity contribution is -0.145. The summed E-state index contributed by atoms with van der Waals surface area (Å²) >= 11 is 0. The Balaban J connectivity index is 1.97. The van der Waals surface area contributed by atoms with E-state index in [1.807, 2.05) is 50.0 Å². The smallest absolute Gasteiger partial charge is 0.242 e. The van der Waals surface area contributed by atoms with Crippen LogP contribution >= 0.6 is 0 Å². The van der Waals surface area contributed by atoms with Crippen LogP contribution in [-0.4, -0.2) is 40.0 Å². The SMILES string of the molecule is COC1=C(OC)C(O[Si](C)(C)C)(C2OC2c2ccccc2)C1=O. The molecule has 0 aromatic heterocycles. The van der Waals surface area contributed by atoms with E-state index in [1.165, 1.54) is 14.2 Å². The summed E-state index contributed by atoms with van der Waals surface area (Å²) in [5.41, 5.74) is -0.143. The third-order valence-electron chi connectivity index (χ3n) is 3.98. The Morgan fingerprint density at radius 3 is 2.26 bits per heavy atom. The maximum Gasteiger partial charge on any atom is 0.242 e. The molecule has 1 heterocycles. The average molecular weight is 334 g/mol. The quantitative estimate of drug-likeness (QED) is 0.591. The summed E-state index contributed by atoms with van der Waals surface area (Å²) in [4.78, 5) is 12.8. The van der Waals surface area contributed by atoms with Gasteiger partial charge in [0.05, 0.1) is 14.2 Å². The van der Waals surface area contributed by atoms with E-state index in [0.717, 1.165) is 5.56 Å². The fourth-order valence-corrected chi connectivity index (χ4v) is 4.39. The van der Waals surface area contributed by atoms with Gasteiger partial charge < -0.3 is 18.6 Å². The number of hydrogen-bond acceptors (Lipinski definition) is 5. The van der Waals surface area contributed by atoms with Crippen LogP contribution in [0, 0.1) is 0 Å². The molecular weight excluding hydrogens is 312 g/mol. The Bertz CT molecular complexity index is 649. The summed E-state index contributed by atoms with van der Waals surface area (Å²) in [6.45, 7) is 6.13. The standard InChI is InChI=1S/C17H22O5Si/c1-19-13-14(18)17(15(13)20-2,22-23(3,4)5)16-12(21-16)11-9-7-6-8-10-11/h6-10,12,16H,1-5H3. The minimum atomic E-state index is -2.03. The zero-order valence-corrected chi connectivity index (χ0v) is 15.1. The van der Waals surface area contributed by atoms with E-state index in [-0.39, 0.29) is 23.8 Å². The van der Waals surface area contributed by atoms with Gasteiger partial charge in [-0.2, -0.15) is 0 Å². The maximum absolute atomic E-state index is 12.8. The highest BCUT2D eigenvalue weighted by Crippen LogP contribution is 2.56. The molecule has 1 aliphatic carbocycles. The fourth-order valence-electron chi connectivity index (χ4n) is 3.12. The van der Waals surface area contributed by atoms with Crippen LogP contribution < -0.4 is 0 Å². The van der Waals surface area contributed by atoms with Crippen molar-refractivity contribution >= 4 is 14.1 Å². The molecule has 5 nitrogen and oxygen atoms in total. The van der Waals surface area contributed by atoms with Gasteiger partial charge in [0.1, 0.15) is 12.2 Å². The van der Waals surface area contributed by atoms with Crippen molar-refractivity contribution in [1.82, 2.24) is 0 Å². The van der Waals surface area contributed by atoms with Crippen LogP contribution in [0.1, 0.15) is 11.7 Å². The lowest BCUT2D eigenvalue weighted by atomic mass is 9.78. The van der Waals surface area contributed by atoms with Crippen molar-refractivity contribution in [2.24, 2.45) is 0 Å². The largest absolute Gasteiger partial charge is 0.494 e. The third kappa shape index (κ3) is 2.51. The molecule has 0 radical (unpaired) electrons. The number of rotatable bonds is 6. The maximum atomic E-state index is 12.8. The van der Waals surface area contributed by atoms with Crippen molar-refractivity contribution < 1.29 is 23.4 Å². The van der Waals surface area contributed by atoms with Gasteiger partial charge in [-0.3, -0.25) is 4.79 Å². The molecule has 1 fully saturated rings. The molecule has 0 bridgehead atoms. The predicted molar refractivity (Wildman–Crippen MR) is 87.3 cm³/mol. The van der Waals surface area contributed by atoms with E-state index in [4.69, 9.17) is 18.6 Å². The summed E-state index contributed by atoms with van der Waals surface area (Å²) in [5, 5.41) is 0. The van der Waals surface area contributed by atoms with Crippen molar-refractivity contribution in [3.63, 3.8) is 0 Å². The Morgan fingerprint density at radius 1 is 1.09 bits per heavy atom. The minimum absolute atomic E-state index is 0.167. The van der Waals surface area contributed by atoms with Crippen LogP contribution in [-0.2, 0) is 23.4 Å². The van der Waals surface area contributed by atoms with Crippen LogP contribution in [0.5, 0.6) is 0 Å². The molecule has 3 atom stereocenters. The topological polar surface area (TPSA) is 57.3 Å². The van der Waals surface area contributed by atoms with Gasteiger partial charge in [0, 0.05) is 0 Å². The highest BCUT2D eigenvalue weighted by molar-refractivity contribution is 6.70. The first-order valence-corrected chi connectivity index (χ1v) is 11.0. The van der Waals surface area contributed by atoms with E-state index in [1.54, 1.807) is 0 Å². The first-order chi connectivity index (χ1) is 10.8. The minimum Gasteiger partial charge on any atom is -0.494 e. The van der Waals surface area contributed by atoms with Gasteiger partial charge in [0.25, 0.3) is 0 Å². The summed E-state index contributed by atoms with van der Waals surface area (Å²) in [5.74, 6) is 0.478. The Hall–Kier alpha value is -1.63. The highest BCUT2D eigenvalue weighted by atomic mass is 28.4. The first-order valence-electron chi connectivity index (χ1n) is 7.63. The van der Waals surface area contributed by atoms with E-state index in [9.17, 15) is 4.79 Å². The Labute approximate surface area is 137 Å². The highest BCUT2D eigenvalue weighted by Gasteiger charge is 2.71. The second-order valence-corrected chi connectivity index (χ2v) is 11.2. The second kappa shape index (κ2) is 5.47. The van der Waals surface area contributed by atoms with E-state index < -0.39 is 13.9 Å². The molecule has 1 aromatic carbocycles. The summed E-state index contributed by atoms with van der Waals surface area (Å²) in [7, 11) is 0.968. The van der Waals surface area contributed by atoms with Crippen molar-refractivity contribution in [2.45, 2.75) is 37.5 Å². The normalized spacial score (nSPS) is 30.0. The van der Waals surface area contributed by atoms with Crippen molar-refractivity contribution in [1.29, 1.82) is 0 Å². The second-order valence-electron chi connectivity index (χ2n) is 6.73. The molecule has 0 saturated carbocycles. The lowest BCUT2D eigenvalue weighted by Gasteiger charge is -2.43. The first kappa shape index (κ1) is 16.2. The van der Waals surface area contributed by atoms with Gasteiger partial charge in [0.15, 0.2) is 14.1 Å². The summed E-state index contributed by atoms with van der Waals surface area (Å²) in [6.07, 6.45) is -0.543. The molecule has 0 spiro atoms. The number of benzene rings is 1. The number of ketones is 1. The molecule has 1 aliphatic heterocycles. The zero-order chi connectivity index (χ0) is 16.8. The van der Waals surface area contributed by atoms with E-state index >= 15 is 0 Å². The molecule has 2 aliphatic rings. The van der Waals surface area contributed by atoms with E-state index in [0.29, 0.717) is 5.76 Å². The number of epoxide rings is 1. The van der Waals surface area contributed by atoms with Gasteiger partial charge in [-0.1, -0.05) is 30.3 Å². The predicted octanol–water partition coefficient (Wildman–Crippen LogP) is 2.80. The Morgan fingerprint density at radius 2 is 1.74 bits per heavy atom. The third-order valence-corrected chi connectivity index (χ3v) is 4.92. The molecule has 0 amide bonds. The van der Waals surface area contributed by atoms with Crippen LogP contribution in [0.25, 0.3) is 0 Å². The fraction of sp³-hybridized carbons (Fsp3) is 0.471. The van der Waals surface area contributed by atoms with Gasteiger partial charge in [-0.15, -0.1) is 0 Å². The monoisotopic (exact) mass is 334 g/mol. The van der Waals surface area contributed by atoms with E-state index in [2.05, 4.69) is 0 Å². The van der Waals surface area contributed by atoms with Crippen LogP contribution in [0.3, 0.4) is 0 Å². The number of carbonyl (C=O) groups excluding carboxylic acids is 1. The molecular formula is C17H22O5Si. The molecule has 1 saturated heterocycles. The summed E-state index contributed by atoms with van der Waals surface area (Å²) < 4.78 is 22.8. The molecule has 1 aromatic rings. The van der Waals surface area contributed by atoms with Gasteiger partial charge in [0.2, 0.25) is 17.1 Å². The van der Waals surface area contributed by atoms with Crippen molar-refractivity contribution in [2.75, 3.05) is 14.2 Å². The molecule has 6 heteroatoms. The number of ether oxygens (including phenoxy) is 3. The number of carbonyl (C=O) groups is 1. The van der Waals surface area contributed by atoms with Crippen LogP contribution in [0.15, 0.2) is 41.9 Å². The number of methoxy groups -OCH3 is 2. The van der Waals surface area contributed by atoms with Gasteiger partial charge in [-0.25, -0.2) is 0 Å². The zero-order valence-electron chi connectivity index (χ0n) is 14.1. The molecule has 0 N–H and O–H groups in total. The summed E-state index contributed by atoms with van der Waals surface area (Å²) in [6, 6.07) is 9.84. The van der Waals surface area contributed by atoms with Crippen molar-refractivity contribution in [3.8, 4) is 0 Å². The average Bonchev–Trinajstić information content (AvgIpc) is 3.30. The van der Waals surface area contributed by atoms with Crippen LogP contribution in [0.4, 0.5) is 0 Å². The molecule has 124 valence electrons. The van der Waals surface area contributed by atoms with Gasteiger partial charge >= 0.3 is 0 Å². The van der Waals surface area contributed by atoms with Gasteiger partial charge in [-0.05, 0) is 25.2 Å². The molecule has 3 unspecified atom stereocenters. The molecule has 3 rings (SSSR count). The Kier molecular flexibility index (Phi) is 3.86. The van der Waals surface area contributed by atoms with Crippen molar-refractivity contribution in [3.05, 3.63) is 47.4 Å². The number of hydrogen-bond donors (Lipinski definition) is 0. The van der Waals surface area contributed by atoms with Crippen LogP contribution in [0.2, 0.25) is 19.6 Å². The molecule has 23 heavy (non-hydrogen) atoms.